The van der Waals surface area contributed by atoms with Gasteiger partial charge in [0.15, 0.2) is 5.69 Å². The SMILES string of the molecule is C[C@@H](NC(=O)c1nn(-c2ccccc2Cl)c2c1CCCC/C2=C\c1ccc(Cl)cc1)C1CCCCC1. The molecule has 188 valence electrons. The van der Waals surface area contributed by atoms with E-state index in [4.69, 9.17) is 28.3 Å². The molecular formula is C30H33Cl2N3O. The van der Waals surface area contributed by atoms with Gasteiger partial charge < -0.3 is 5.32 Å². The van der Waals surface area contributed by atoms with Gasteiger partial charge in [0.05, 0.1) is 16.4 Å². The van der Waals surface area contributed by atoms with Gasteiger partial charge in [-0.15, -0.1) is 0 Å². The summed E-state index contributed by atoms with van der Waals surface area (Å²) in [6.07, 6.45) is 12.2. The minimum atomic E-state index is -0.0807. The third kappa shape index (κ3) is 5.40. The van der Waals surface area contributed by atoms with Crippen LogP contribution in [0.5, 0.6) is 0 Å². The largest absolute Gasteiger partial charge is 0.348 e. The van der Waals surface area contributed by atoms with Gasteiger partial charge in [-0.2, -0.15) is 5.10 Å². The Labute approximate surface area is 223 Å². The molecule has 1 fully saturated rings. The molecular weight excluding hydrogens is 489 g/mol. The molecule has 2 aliphatic carbocycles. The Bertz CT molecular complexity index is 1260. The van der Waals surface area contributed by atoms with Crippen molar-refractivity contribution in [3.63, 3.8) is 0 Å². The van der Waals surface area contributed by atoms with E-state index in [1.54, 1.807) is 0 Å². The fraction of sp³-hybridized carbons (Fsp3) is 0.400. The normalized spacial score (nSPS) is 18.5. The highest BCUT2D eigenvalue weighted by Gasteiger charge is 2.30. The number of nitrogens with one attached hydrogen (secondary N) is 1. The molecule has 0 radical (unpaired) electrons. The third-order valence-electron chi connectivity index (χ3n) is 7.63. The van der Waals surface area contributed by atoms with Crippen molar-refractivity contribution >= 4 is 40.8 Å². The number of fused-ring (bicyclic) bond motifs is 1. The second kappa shape index (κ2) is 11.2. The lowest BCUT2D eigenvalue weighted by atomic mass is 9.84. The average molecular weight is 523 g/mol. The van der Waals surface area contributed by atoms with Crippen LogP contribution in [0, 0.1) is 5.92 Å². The highest BCUT2D eigenvalue weighted by molar-refractivity contribution is 6.32. The number of amides is 1. The fourth-order valence-electron chi connectivity index (χ4n) is 5.66. The lowest BCUT2D eigenvalue weighted by molar-refractivity contribution is 0.0913. The third-order valence-corrected chi connectivity index (χ3v) is 8.20. The molecule has 0 saturated heterocycles. The van der Waals surface area contributed by atoms with Crippen LogP contribution in [-0.4, -0.2) is 21.7 Å². The highest BCUT2D eigenvalue weighted by atomic mass is 35.5. The van der Waals surface area contributed by atoms with Crippen molar-refractivity contribution in [1.29, 1.82) is 0 Å². The lowest BCUT2D eigenvalue weighted by Crippen LogP contribution is -2.39. The molecule has 2 aliphatic rings. The van der Waals surface area contributed by atoms with Gasteiger partial charge in [-0.1, -0.05) is 66.7 Å². The van der Waals surface area contributed by atoms with Crippen molar-refractivity contribution < 1.29 is 4.79 Å². The quantitative estimate of drug-likeness (QED) is 0.344. The van der Waals surface area contributed by atoms with E-state index < -0.39 is 0 Å². The molecule has 1 saturated carbocycles. The van der Waals surface area contributed by atoms with Crippen LogP contribution >= 0.6 is 23.2 Å². The number of halogens is 2. The minimum Gasteiger partial charge on any atom is -0.348 e. The van der Waals surface area contributed by atoms with E-state index in [2.05, 4.69) is 18.3 Å². The molecule has 0 bridgehead atoms. The Morgan fingerprint density at radius 3 is 2.47 bits per heavy atom. The molecule has 36 heavy (non-hydrogen) atoms. The number of nitrogens with zero attached hydrogens (tertiary/aromatic N) is 2. The summed E-state index contributed by atoms with van der Waals surface area (Å²) in [6.45, 7) is 2.14. The maximum atomic E-state index is 13.7. The van der Waals surface area contributed by atoms with E-state index in [-0.39, 0.29) is 11.9 Å². The standard InChI is InChI=1S/C30H33Cl2N3O/c1-20(22-9-3-2-4-10-22)33-30(36)28-25-12-6-5-11-23(19-21-15-17-24(31)18-16-21)29(25)35(34-28)27-14-8-7-13-26(27)32/h7-8,13-20,22H,2-6,9-12H2,1H3,(H,33,36)/b23-19+/t20-/m1/s1. The lowest BCUT2D eigenvalue weighted by Gasteiger charge is -2.28. The first-order chi connectivity index (χ1) is 17.5. The zero-order chi connectivity index (χ0) is 25.1. The van der Waals surface area contributed by atoms with Crippen LogP contribution in [0.15, 0.2) is 48.5 Å². The number of para-hydroxylation sites is 1. The number of aromatic nitrogens is 2. The first kappa shape index (κ1) is 25.1. The molecule has 2 aromatic carbocycles. The smallest absolute Gasteiger partial charge is 0.272 e. The van der Waals surface area contributed by atoms with Crippen LogP contribution < -0.4 is 5.32 Å². The summed E-state index contributed by atoms with van der Waals surface area (Å²) in [6, 6.07) is 15.7. The first-order valence-corrected chi connectivity index (χ1v) is 13.9. The number of hydrogen-bond acceptors (Lipinski definition) is 2. The van der Waals surface area contributed by atoms with Crippen LogP contribution in [-0.2, 0) is 6.42 Å². The highest BCUT2D eigenvalue weighted by Crippen LogP contribution is 2.36. The Morgan fingerprint density at radius 2 is 1.72 bits per heavy atom. The number of carbonyl (C=O) groups excluding carboxylic acids is 1. The van der Waals surface area contributed by atoms with Crippen LogP contribution in [0.1, 0.15) is 85.6 Å². The number of benzene rings is 2. The summed E-state index contributed by atoms with van der Waals surface area (Å²) in [5, 5.41) is 9.56. The van der Waals surface area contributed by atoms with Gasteiger partial charge in [-0.25, -0.2) is 4.68 Å². The fourth-order valence-corrected chi connectivity index (χ4v) is 6.00. The van der Waals surface area contributed by atoms with Crippen LogP contribution in [0.25, 0.3) is 17.3 Å². The predicted molar refractivity (Wildman–Crippen MR) is 149 cm³/mol. The van der Waals surface area contributed by atoms with E-state index in [9.17, 15) is 4.79 Å². The van der Waals surface area contributed by atoms with Gasteiger partial charge in [0, 0.05) is 16.6 Å². The summed E-state index contributed by atoms with van der Waals surface area (Å²) in [4.78, 5) is 13.7. The zero-order valence-corrected chi connectivity index (χ0v) is 22.3. The Kier molecular flexibility index (Phi) is 7.83. The Morgan fingerprint density at radius 1 is 1.00 bits per heavy atom. The number of hydrogen-bond donors (Lipinski definition) is 1. The molecule has 0 aliphatic heterocycles. The molecule has 1 aromatic heterocycles. The van der Waals surface area contributed by atoms with Crippen molar-refractivity contribution in [3.8, 4) is 5.69 Å². The average Bonchev–Trinajstić information content (AvgIpc) is 3.15. The maximum absolute atomic E-state index is 13.7. The molecule has 3 aromatic rings. The maximum Gasteiger partial charge on any atom is 0.272 e. The Hall–Kier alpha value is -2.56. The summed E-state index contributed by atoms with van der Waals surface area (Å²) < 4.78 is 1.89. The van der Waals surface area contributed by atoms with E-state index in [0.29, 0.717) is 21.7 Å². The summed E-state index contributed by atoms with van der Waals surface area (Å²) in [7, 11) is 0. The second-order valence-electron chi connectivity index (χ2n) is 10.1. The first-order valence-electron chi connectivity index (χ1n) is 13.2. The molecule has 1 heterocycles. The van der Waals surface area contributed by atoms with E-state index in [0.717, 1.165) is 53.8 Å². The zero-order valence-electron chi connectivity index (χ0n) is 20.8. The van der Waals surface area contributed by atoms with Crippen molar-refractivity contribution in [2.45, 2.75) is 70.8 Å². The monoisotopic (exact) mass is 521 g/mol. The van der Waals surface area contributed by atoms with Crippen molar-refractivity contribution in [2.75, 3.05) is 0 Å². The summed E-state index contributed by atoms with van der Waals surface area (Å²) in [5.41, 5.74) is 5.56. The van der Waals surface area contributed by atoms with Gasteiger partial charge in [0.2, 0.25) is 0 Å². The Balaban J connectivity index is 1.59. The van der Waals surface area contributed by atoms with Crippen molar-refractivity contribution in [2.24, 2.45) is 5.92 Å². The summed E-state index contributed by atoms with van der Waals surface area (Å²) >= 11 is 12.8. The van der Waals surface area contributed by atoms with Crippen LogP contribution in [0.4, 0.5) is 0 Å². The van der Waals surface area contributed by atoms with Crippen LogP contribution in [0.3, 0.4) is 0 Å². The van der Waals surface area contributed by atoms with Gasteiger partial charge >= 0.3 is 0 Å². The van der Waals surface area contributed by atoms with Crippen LogP contribution in [0.2, 0.25) is 10.0 Å². The molecule has 5 rings (SSSR count). The summed E-state index contributed by atoms with van der Waals surface area (Å²) in [5.74, 6) is 0.454. The molecule has 6 heteroatoms. The molecule has 1 amide bonds. The molecule has 1 atom stereocenters. The van der Waals surface area contributed by atoms with E-state index in [1.165, 1.54) is 32.1 Å². The van der Waals surface area contributed by atoms with Gasteiger partial charge in [-0.05, 0) is 92.8 Å². The molecule has 1 N–H and O–H groups in total. The van der Waals surface area contributed by atoms with Crippen molar-refractivity contribution in [3.05, 3.63) is 81.1 Å². The van der Waals surface area contributed by atoms with Crippen molar-refractivity contribution in [1.82, 2.24) is 15.1 Å². The van der Waals surface area contributed by atoms with Gasteiger partial charge in [0.1, 0.15) is 0 Å². The van der Waals surface area contributed by atoms with Gasteiger partial charge in [0.25, 0.3) is 5.91 Å². The predicted octanol–water partition coefficient (Wildman–Crippen LogP) is 8.14. The topological polar surface area (TPSA) is 46.9 Å². The minimum absolute atomic E-state index is 0.0807. The van der Waals surface area contributed by atoms with E-state index >= 15 is 0 Å². The van der Waals surface area contributed by atoms with Gasteiger partial charge in [-0.3, -0.25) is 4.79 Å². The van der Waals surface area contributed by atoms with E-state index in [1.807, 2.05) is 53.2 Å². The number of rotatable bonds is 5. The second-order valence-corrected chi connectivity index (χ2v) is 11.0. The molecule has 0 spiro atoms. The number of allylic oxidation sites excluding steroid dienone is 1. The molecule has 4 nitrogen and oxygen atoms in total. The number of carbonyl (C=O) groups is 1. The molecule has 0 unspecified atom stereocenters.